The molecule has 2 N–H and O–H groups in total. The number of carbonyl (C=O) groups excluding carboxylic acids is 1. The fourth-order valence-electron chi connectivity index (χ4n) is 2.52. The van der Waals surface area contributed by atoms with E-state index in [1.54, 1.807) is 23.1 Å². The monoisotopic (exact) mass is 250 g/mol. The lowest BCUT2D eigenvalue weighted by molar-refractivity contribution is -0.132. The van der Waals surface area contributed by atoms with Gasteiger partial charge in [-0.2, -0.15) is 0 Å². The molecule has 1 saturated heterocycles. The van der Waals surface area contributed by atoms with E-state index in [9.17, 15) is 9.18 Å². The maximum Gasteiger partial charge on any atom is 0.227 e. The van der Waals surface area contributed by atoms with Gasteiger partial charge in [0.1, 0.15) is 5.82 Å². The summed E-state index contributed by atoms with van der Waals surface area (Å²) in [5.41, 5.74) is 6.36. The molecule has 0 aliphatic carbocycles. The van der Waals surface area contributed by atoms with Crippen molar-refractivity contribution in [3.63, 3.8) is 0 Å². The SMILES string of the molecule is CC1CC(N)CN(C(=O)Cc2ccccc2F)C1. The first kappa shape index (κ1) is 13.0. The predicted molar refractivity (Wildman–Crippen MR) is 68.4 cm³/mol. The molecular weight excluding hydrogens is 231 g/mol. The number of benzene rings is 1. The maximum absolute atomic E-state index is 13.5. The van der Waals surface area contributed by atoms with E-state index in [1.807, 2.05) is 0 Å². The van der Waals surface area contributed by atoms with Crippen molar-refractivity contribution in [1.82, 2.24) is 4.90 Å². The second-order valence-electron chi connectivity index (χ2n) is 5.17. The Hall–Kier alpha value is -1.42. The van der Waals surface area contributed by atoms with E-state index >= 15 is 0 Å². The van der Waals surface area contributed by atoms with Gasteiger partial charge in [0.25, 0.3) is 0 Å². The first-order valence-corrected chi connectivity index (χ1v) is 6.33. The molecule has 0 radical (unpaired) electrons. The minimum Gasteiger partial charge on any atom is -0.341 e. The van der Waals surface area contributed by atoms with Crippen molar-refractivity contribution in [2.24, 2.45) is 11.7 Å². The first-order valence-electron chi connectivity index (χ1n) is 6.33. The number of nitrogens with two attached hydrogens (primary N) is 1. The van der Waals surface area contributed by atoms with Crippen LogP contribution >= 0.6 is 0 Å². The van der Waals surface area contributed by atoms with E-state index in [2.05, 4.69) is 6.92 Å². The normalized spacial score (nSPS) is 24.1. The second-order valence-corrected chi connectivity index (χ2v) is 5.17. The highest BCUT2D eigenvalue weighted by Gasteiger charge is 2.25. The van der Waals surface area contributed by atoms with Crippen LogP contribution < -0.4 is 5.73 Å². The van der Waals surface area contributed by atoms with Crippen LogP contribution in [0.5, 0.6) is 0 Å². The molecule has 1 aliphatic rings. The van der Waals surface area contributed by atoms with Gasteiger partial charge in [-0.3, -0.25) is 4.79 Å². The lowest BCUT2D eigenvalue weighted by atomic mass is 9.96. The number of nitrogens with zero attached hydrogens (tertiary/aromatic N) is 1. The summed E-state index contributed by atoms with van der Waals surface area (Å²) in [7, 11) is 0. The van der Waals surface area contributed by atoms with E-state index in [1.165, 1.54) is 6.07 Å². The van der Waals surface area contributed by atoms with Gasteiger partial charge in [-0.15, -0.1) is 0 Å². The van der Waals surface area contributed by atoms with Crippen LogP contribution in [0.25, 0.3) is 0 Å². The Balaban J connectivity index is 2.02. The molecule has 0 spiro atoms. The molecule has 1 aromatic rings. The summed E-state index contributed by atoms with van der Waals surface area (Å²) in [6.45, 7) is 3.39. The van der Waals surface area contributed by atoms with Gasteiger partial charge < -0.3 is 10.6 Å². The van der Waals surface area contributed by atoms with Crippen LogP contribution in [0.15, 0.2) is 24.3 Å². The molecule has 2 rings (SSSR count). The van der Waals surface area contributed by atoms with Crippen LogP contribution in [-0.4, -0.2) is 29.9 Å². The molecule has 3 nitrogen and oxygen atoms in total. The Morgan fingerprint density at radius 1 is 1.44 bits per heavy atom. The van der Waals surface area contributed by atoms with E-state index in [0.29, 0.717) is 18.0 Å². The Labute approximate surface area is 107 Å². The Kier molecular flexibility index (Phi) is 3.97. The van der Waals surface area contributed by atoms with Crippen LogP contribution in [-0.2, 0) is 11.2 Å². The van der Waals surface area contributed by atoms with Gasteiger partial charge in [0.05, 0.1) is 6.42 Å². The Morgan fingerprint density at radius 2 is 2.17 bits per heavy atom. The summed E-state index contributed by atoms with van der Waals surface area (Å²) in [5.74, 6) is 0.0561. The van der Waals surface area contributed by atoms with Crippen LogP contribution in [0.4, 0.5) is 4.39 Å². The fraction of sp³-hybridized carbons (Fsp3) is 0.500. The van der Waals surface area contributed by atoms with Crippen molar-refractivity contribution in [1.29, 1.82) is 0 Å². The summed E-state index contributed by atoms with van der Waals surface area (Å²) in [6, 6.07) is 6.45. The molecule has 1 heterocycles. The minimum atomic E-state index is -0.319. The van der Waals surface area contributed by atoms with Crippen LogP contribution in [0.1, 0.15) is 18.9 Å². The molecule has 2 atom stereocenters. The Morgan fingerprint density at radius 3 is 2.83 bits per heavy atom. The van der Waals surface area contributed by atoms with Crippen LogP contribution in [0, 0.1) is 11.7 Å². The third kappa shape index (κ3) is 3.07. The molecule has 2 unspecified atom stereocenters. The zero-order chi connectivity index (χ0) is 13.1. The maximum atomic E-state index is 13.5. The molecule has 4 heteroatoms. The molecule has 1 amide bonds. The van der Waals surface area contributed by atoms with Gasteiger partial charge in [0.15, 0.2) is 0 Å². The van der Waals surface area contributed by atoms with Gasteiger partial charge >= 0.3 is 0 Å². The van der Waals surface area contributed by atoms with Crippen LogP contribution in [0.3, 0.4) is 0 Å². The Bertz CT molecular complexity index is 426. The van der Waals surface area contributed by atoms with Gasteiger partial charge in [0.2, 0.25) is 5.91 Å². The summed E-state index contributed by atoms with van der Waals surface area (Å²) >= 11 is 0. The lowest BCUT2D eigenvalue weighted by Gasteiger charge is -2.34. The predicted octanol–water partition coefficient (Wildman–Crippen LogP) is 1.56. The van der Waals surface area contributed by atoms with E-state index in [-0.39, 0.29) is 24.2 Å². The second kappa shape index (κ2) is 5.48. The number of likely N-dealkylation sites (tertiary alicyclic amines) is 1. The molecular formula is C14H19FN2O. The minimum absolute atomic E-state index is 0.0397. The van der Waals surface area contributed by atoms with Crippen molar-refractivity contribution in [2.45, 2.75) is 25.8 Å². The standard InChI is InChI=1S/C14H19FN2O/c1-10-6-12(16)9-17(8-10)14(18)7-11-4-2-3-5-13(11)15/h2-5,10,12H,6-9,16H2,1H3. The first-order chi connectivity index (χ1) is 8.56. The number of hydrogen-bond donors (Lipinski definition) is 1. The van der Waals surface area contributed by atoms with E-state index < -0.39 is 0 Å². The molecule has 1 fully saturated rings. The average Bonchev–Trinajstić information content (AvgIpc) is 2.31. The smallest absolute Gasteiger partial charge is 0.227 e. The molecule has 0 bridgehead atoms. The van der Waals surface area contributed by atoms with Gasteiger partial charge in [-0.1, -0.05) is 25.1 Å². The number of piperidine rings is 1. The zero-order valence-corrected chi connectivity index (χ0v) is 10.6. The van der Waals surface area contributed by atoms with Crippen molar-refractivity contribution < 1.29 is 9.18 Å². The number of hydrogen-bond acceptors (Lipinski definition) is 2. The summed E-state index contributed by atoms with van der Waals surface area (Å²) in [4.78, 5) is 13.9. The highest BCUT2D eigenvalue weighted by molar-refractivity contribution is 5.79. The van der Waals surface area contributed by atoms with Crippen molar-refractivity contribution in [3.8, 4) is 0 Å². The fourth-order valence-corrected chi connectivity index (χ4v) is 2.52. The molecule has 0 aromatic heterocycles. The van der Waals surface area contributed by atoms with E-state index in [0.717, 1.165) is 13.0 Å². The van der Waals surface area contributed by atoms with Crippen LogP contribution in [0.2, 0.25) is 0 Å². The van der Waals surface area contributed by atoms with Crippen molar-refractivity contribution >= 4 is 5.91 Å². The van der Waals surface area contributed by atoms with Crippen molar-refractivity contribution in [2.75, 3.05) is 13.1 Å². The molecule has 1 aromatic carbocycles. The van der Waals surface area contributed by atoms with Gasteiger partial charge in [-0.05, 0) is 24.0 Å². The number of rotatable bonds is 2. The number of carbonyl (C=O) groups is 1. The third-order valence-electron chi connectivity index (χ3n) is 3.34. The average molecular weight is 250 g/mol. The number of halogens is 1. The highest BCUT2D eigenvalue weighted by Crippen LogP contribution is 2.17. The molecule has 18 heavy (non-hydrogen) atoms. The summed E-state index contributed by atoms with van der Waals surface area (Å²) < 4.78 is 13.5. The van der Waals surface area contributed by atoms with E-state index in [4.69, 9.17) is 5.73 Å². The summed E-state index contributed by atoms with van der Waals surface area (Å²) in [6.07, 6.45) is 1.07. The van der Waals surface area contributed by atoms with Gasteiger partial charge in [-0.25, -0.2) is 4.39 Å². The molecule has 1 aliphatic heterocycles. The van der Waals surface area contributed by atoms with Gasteiger partial charge in [0, 0.05) is 19.1 Å². The summed E-state index contributed by atoms with van der Waals surface area (Å²) in [5, 5.41) is 0. The zero-order valence-electron chi connectivity index (χ0n) is 10.6. The lowest BCUT2D eigenvalue weighted by Crippen LogP contribution is -2.49. The molecule has 0 saturated carbocycles. The number of amides is 1. The third-order valence-corrected chi connectivity index (χ3v) is 3.34. The quantitative estimate of drug-likeness (QED) is 0.866. The van der Waals surface area contributed by atoms with Crippen molar-refractivity contribution in [3.05, 3.63) is 35.6 Å². The molecule has 98 valence electrons. The highest BCUT2D eigenvalue weighted by atomic mass is 19.1. The largest absolute Gasteiger partial charge is 0.341 e. The topological polar surface area (TPSA) is 46.3 Å².